The Morgan fingerprint density at radius 1 is 1.21 bits per heavy atom. The van der Waals surface area contributed by atoms with Crippen molar-refractivity contribution < 1.29 is 32.3 Å². The van der Waals surface area contributed by atoms with Crippen molar-refractivity contribution in [2.24, 2.45) is 5.92 Å². The molecule has 34 heavy (non-hydrogen) atoms. The van der Waals surface area contributed by atoms with E-state index < -0.39 is 35.6 Å². The molecule has 1 aromatic carbocycles. The Bertz CT molecular complexity index is 1100. The summed E-state index contributed by atoms with van der Waals surface area (Å²) in [5.74, 6) is -1.93. The van der Waals surface area contributed by atoms with Gasteiger partial charge in [0.1, 0.15) is 5.82 Å². The van der Waals surface area contributed by atoms with Gasteiger partial charge in [-0.3, -0.25) is 9.48 Å². The van der Waals surface area contributed by atoms with Crippen LogP contribution in [0.25, 0.3) is 0 Å². The Labute approximate surface area is 197 Å². The predicted octanol–water partition coefficient (Wildman–Crippen LogP) is 4.45. The quantitative estimate of drug-likeness (QED) is 0.605. The fourth-order valence-electron chi connectivity index (χ4n) is 4.57. The number of hydrogen-bond donors (Lipinski definition) is 2. The highest BCUT2D eigenvalue weighted by Gasteiger charge is 2.41. The smallest absolute Gasteiger partial charge is 0.435 e. The van der Waals surface area contributed by atoms with Gasteiger partial charge in [-0.15, -0.1) is 0 Å². The van der Waals surface area contributed by atoms with E-state index in [0.29, 0.717) is 25.7 Å². The summed E-state index contributed by atoms with van der Waals surface area (Å²) in [5.41, 5.74) is -0.685. The molecule has 1 fully saturated rings. The van der Waals surface area contributed by atoms with Crippen molar-refractivity contribution in [1.82, 2.24) is 20.0 Å². The van der Waals surface area contributed by atoms with E-state index in [9.17, 15) is 27.2 Å². The maximum absolute atomic E-state index is 14.3. The predicted molar refractivity (Wildman–Crippen MR) is 114 cm³/mol. The van der Waals surface area contributed by atoms with Crippen molar-refractivity contribution in [3.63, 3.8) is 0 Å². The van der Waals surface area contributed by atoms with Gasteiger partial charge in [0.05, 0.1) is 24.7 Å². The number of nitrogens with one attached hydrogen (secondary N) is 1. The monoisotopic (exact) mass is 502 g/mol. The van der Waals surface area contributed by atoms with E-state index in [1.165, 1.54) is 17.0 Å². The average molecular weight is 503 g/mol. The first-order chi connectivity index (χ1) is 16.0. The van der Waals surface area contributed by atoms with Crippen LogP contribution >= 0.6 is 11.6 Å². The second kappa shape index (κ2) is 9.44. The normalized spacial score (nSPS) is 20.7. The lowest BCUT2D eigenvalue weighted by Crippen LogP contribution is -2.48. The number of amides is 2. The molecule has 1 aromatic heterocycles. The van der Waals surface area contributed by atoms with E-state index in [1.807, 2.05) is 0 Å². The Kier molecular flexibility index (Phi) is 6.75. The Hall–Kier alpha value is -2.82. The molecule has 0 unspecified atom stereocenters. The summed E-state index contributed by atoms with van der Waals surface area (Å²) in [6, 6.07) is 3.29. The lowest BCUT2D eigenvalue weighted by molar-refractivity contribution is -0.143. The summed E-state index contributed by atoms with van der Waals surface area (Å²) in [7, 11) is 0. The van der Waals surface area contributed by atoms with E-state index >= 15 is 0 Å². The van der Waals surface area contributed by atoms with E-state index in [0.717, 1.165) is 10.7 Å². The summed E-state index contributed by atoms with van der Waals surface area (Å²) >= 11 is 5.77. The number of alkyl halides is 3. The minimum Gasteiger partial charge on any atom is -0.481 e. The van der Waals surface area contributed by atoms with E-state index in [-0.39, 0.29) is 53.9 Å². The van der Waals surface area contributed by atoms with Gasteiger partial charge in [0.15, 0.2) is 5.69 Å². The average Bonchev–Trinajstić information content (AvgIpc) is 3.14. The molecule has 0 bridgehead atoms. The number of urea groups is 1. The summed E-state index contributed by atoms with van der Waals surface area (Å²) in [5, 5.41) is 15.9. The number of aromatic nitrogens is 2. The zero-order valence-electron chi connectivity index (χ0n) is 18.0. The third-order valence-electron chi connectivity index (χ3n) is 6.43. The van der Waals surface area contributed by atoms with Gasteiger partial charge in [0.2, 0.25) is 0 Å². The highest BCUT2D eigenvalue weighted by atomic mass is 35.5. The number of halogens is 5. The summed E-state index contributed by atoms with van der Waals surface area (Å²) in [6.45, 7) is -0.270. The second-order valence-corrected chi connectivity index (χ2v) is 9.11. The molecular weight excluding hydrogens is 480 g/mol. The Balaban J connectivity index is 1.52. The maximum atomic E-state index is 14.3. The van der Waals surface area contributed by atoms with Crippen LogP contribution in [0.3, 0.4) is 0 Å². The number of benzene rings is 1. The molecule has 2 aromatic rings. The molecule has 0 saturated heterocycles. The summed E-state index contributed by atoms with van der Waals surface area (Å²) in [4.78, 5) is 25.3. The van der Waals surface area contributed by atoms with Crippen LogP contribution in [0, 0.1) is 11.7 Å². The van der Waals surface area contributed by atoms with Crippen LogP contribution in [0.1, 0.15) is 48.2 Å². The van der Waals surface area contributed by atoms with Crippen LogP contribution in [-0.2, 0) is 30.5 Å². The lowest BCUT2D eigenvalue weighted by Gasteiger charge is -2.32. The lowest BCUT2D eigenvalue weighted by atomic mass is 9.86. The first-order valence-corrected chi connectivity index (χ1v) is 11.3. The van der Waals surface area contributed by atoms with Gasteiger partial charge in [-0.25, -0.2) is 9.18 Å². The third kappa shape index (κ3) is 5.13. The SMILES string of the molecule is O=C(N[C@H]1CC[C@H](C(=O)O)CC1)N1CCc2c(C(F)(F)F)nn(Cc3ccc(Cl)cc3F)c2C1. The summed E-state index contributed by atoms with van der Waals surface area (Å²) in [6.07, 6.45) is -2.76. The van der Waals surface area contributed by atoms with Crippen molar-refractivity contribution in [2.45, 2.75) is 57.4 Å². The number of fused-ring (bicyclic) bond motifs is 1. The first kappa shape index (κ1) is 24.3. The minimum atomic E-state index is -4.68. The van der Waals surface area contributed by atoms with Gasteiger partial charge in [-0.1, -0.05) is 17.7 Å². The molecule has 4 rings (SSSR count). The van der Waals surface area contributed by atoms with Gasteiger partial charge >= 0.3 is 18.2 Å². The molecule has 12 heteroatoms. The van der Waals surface area contributed by atoms with Crippen LogP contribution in [0.5, 0.6) is 0 Å². The molecule has 7 nitrogen and oxygen atoms in total. The number of nitrogens with zero attached hydrogens (tertiary/aromatic N) is 3. The highest BCUT2D eigenvalue weighted by molar-refractivity contribution is 6.30. The van der Waals surface area contributed by atoms with Gasteiger partial charge in [0, 0.05) is 28.7 Å². The van der Waals surface area contributed by atoms with Crippen molar-refractivity contribution in [3.05, 3.63) is 51.6 Å². The number of carboxylic acids is 1. The van der Waals surface area contributed by atoms with Crippen molar-refractivity contribution in [2.75, 3.05) is 6.54 Å². The molecule has 0 spiro atoms. The zero-order valence-corrected chi connectivity index (χ0v) is 18.8. The second-order valence-electron chi connectivity index (χ2n) is 8.67. The van der Waals surface area contributed by atoms with Gasteiger partial charge in [-0.05, 0) is 44.2 Å². The molecular formula is C22H23ClF4N4O3. The highest BCUT2D eigenvalue weighted by Crippen LogP contribution is 2.35. The molecule has 1 aliphatic carbocycles. The fourth-order valence-corrected chi connectivity index (χ4v) is 4.73. The van der Waals surface area contributed by atoms with Crippen molar-refractivity contribution in [3.8, 4) is 0 Å². The third-order valence-corrected chi connectivity index (χ3v) is 6.67. The van der Waals surface area contributed by atoms with Crippen LogP contribution < -0.4 is 5.32 Å². The van der Waals surface area contributed by atoms with Crippen molar-refractivity contribution >= 4 is 23.6 Å². The van der Waals surface area contributed by atoms with Gasteiger partial charge in [-0.2, -0.15) is 18.3 Å². The van der Waals surface area contributed by atoms with E-state index in [2.05, 4.69) is 10.4 Å². The fraction of sp³-hybridized carbons (Fsp3) is 0.500. The molecule has 2 aliphatic rings. The minimum absolute atomic E-state index is 0.00730. The molecule has 0 radical (unpaired) electrons. The van der Waals surface area contributed by atoms with Crippen LogP contribution in [-0.4, -0.2) is 44.4 Å². The van der Waals surface area contributed by atoms with Crippen molar-refractivity contribution in [1.29, 1.82) is 0 Å². The van der Waals surface area contributed by atoms with E-state index in [4.69, 9.17) is 16.7 Å². The first-order valence-electron chi connectivity index (χ1n) is 10.9. The molecule has 1 aliphatic heterocycles. The van der Waals surface area contributed by atoms with Gasteiger partial charge < -0.3 is 15.3 Å². The Morgan fingerprint density at radius 3 is 2.53 bits per heavy atom. The molecule has 2 amide bonds. The largest absolute Gasteiger partial charge is 0.481 e. The molecule has 0 atom stereocenters. The molecule has 1 saturated carbocycles. The maximum Gasteiger partial charge on any atom is 0.435 e. The Morgan fingerprint density at radius 2 is 1.91 bits per heavy atom. The topological polar surface area (TPSA) is 87.5 Å². The molecule has 2 heterocycles. The standard InChI is InChI=1S/C22H23ClF4N4O3/c23-14-4-1-13(17(24)9-14)10-31-18-11-30(8-7-16(18)19(29-31)22(25,26)27)21(34)28-15-5-2-12(3-6-15)20(32)33/h1,4,9,12,15H,2-3,5-8,10-11H2,(H,28,34)(H,32,33)/t12-,15-. The van der Waals surface area contributed by atoms with Crippen LogP contribution in [0.2, 0.25) is 5.02 Å². The molecule has 184 valence electrons. The number of carbonyl (C=O) groups excluding carboxylic acids is 1. The number of rotatable bonds is 4. The molecule has 2 N–H and O–H groups in total. The number of carboxylic acid groups (broad SMARTS) is 1. The van der Waals surface area contributed by atoms with Gasteiger partial charge in [0.25, 0.3) is 0 Å². The summed E-state index contributed by atoms with van der Waals surface area (Å²) < 4.78 is 56.2. The van der Waals surface area contributed by atoms with E-state index in [1.54, 1.807) is 0 Å². The van der Waals surface area contributed by atoms with Crippen LogP contribution in [0.15, 0.2) is 18.2 Å². The van der Waals surface area contributed by atoms with Crippen LogP contribution in [0.4, 0.5) is 22.4 Å². The zero-order chi connectivity index (χ0) is 24.6. The number of hydrogen-bond acceptors (Lipinski definition) is 3. The number of carbonyl (C=O) groups is 2. The number of aliphatic carboxylic acids is 1.